The molecule has 1 fully saturated rings. The summed E-state index contributed by atoms with van der Waals surface area (Å²) in [7, 11) is 0. The van der Waals surface area contributed by atoms with Crippen LogP contribution >= 0.6 is 0 Å². The van der Waals surface area contributed by atoms with Gasteiger partial charge in [-0.3, -0.25) is 0 Å². The molecule has 0 atom stereocenters. The molecule has 2 rings (SSSR count). The lowest BCUT2D eigenvalue weighted by Crippen LogP contribution is -2.38. The third-order valence-electron chi connectivity index (χ3n) is 4.32. The lowest BCUT2D eigenvalue weighted by molar-refractivity contribution is 0.268. The molecule has 1 aromatic heterocycles. The van der Waals surface area contributed by atoms with E-state index in [1.165, 1.54) is 0 Å². The second-order valence-corrected chi connectivity index (χ2v) is 7.41. The first-order chi connectivity index (χ1) is 11.7. The van der Waals surface area contributed by atoms with Crippen molar-refractivity contribution >= 4 is 11.4 Å². The maximum absolute atomic E-state index is 10.4. The summed E-state index contributed by atoms with van der Waals surface area (Å²) in [5.74, 6) is 0.342. The number of rotatable bonds is 5. The summed E-state index contributed by atoms with van der Waals surface area (Å²) < 4.78 is 5.62. The maximum atomic E-state index is 10.4. The van der Waals surface area contributed by atoms with Crippen molar-refractivity contribution in [3.05, 3.63) is 23.4 Å². The van der Waals surface area contributed by atoms with E-state index < -0.39 is 0 Å². The Morgan fingerprint density at radius 2 is 2.16 bits per heavy atom. The third-order valence-corrected chi connectivity index (χ3v) is 4.32. The molecule has 1 aliphatic rings. The van der Waals surface area contributed by atoms with Gasteiger partial charge in [-0.25, -0.2) is 4.98 Å². The van der Waals surface area contributed by atoms with Crippen LogP contribution in [0.4, 0.5) is 5.69 Å². The molecule has 0 unspecified atom stereocenters. The highest BCUT2D eigenvalue weighted by Crippen LogP contribution is 2.35. The Morgan fingerprint density at radius 3 is 2.76 bits per heavy atom. The van der Waals surface area contributed by atoms with E-state index in [-0.39, 0.29) is 17.2 Å². The van der Waals surface area contributed by atoms with Crippen molar-refractivity contribution in [2.24, 2.45) is 0 Å². The van der Waals surface area contributed by atoms with Gasteiger partial charge in [0.15, 0.2) is 5.75 Å². The second-order valence-electron chi connectivity index (χ2n) is 7.41. The molecule has 6 nitrogen and oxygen atoms in total. The molecular formula is C19H30N4O2. The average Bonchev–Trinajstić information content (AvgIpc) is 2.54. The van der Waals surface area contributed by atoms with E-state index in [0.29, 0.717) is 25.4 Å². The Labute approximate surface area is 150 Å². The number of pyridine rings is 1. The van der Waals surface area contributed by atoms with Crippen LogP contribution in [0.5, 0.6) is 11.6 Å². The summed E-state index contributed by atoms with van der Waals surface area (Å²) in [6.07, 6.45) is 4.58. The number of ether oxygens (including phenoxy) is 1. The first kappa shape index (κ1) is 19.2. The molecule has 0 amide bonds. The molecule has 138 valence electrons. The molecule has 2 heterocycles. The molecule has 0 spiro atoms. The monoisotopic (exact) mass is 346 g/mol. The molecule has 0 aromatic carbocycles. The van der Waals surface area contributed by atoms with E-state index >= 15 is 0 Å². The van der Waals surface area contributed by atoms with Crippen LogP contribution in [-0.4, -0.2) is 47.6 Å². The standard InChI is InChI=1S/C19H30N4O2/c1-6-14-7-9-23(12-15(14)20)16-11-21-18(17(24)13(16)2)25-10-8-22-19(3,4)5/h6,11,20,22,24H,7-10,12H2,1-5H3/b14-6-,20-15?. The number of anilines is 1. The van der Waals surface area contributed by atoms with Crippen LogP contribution in [0.3, 0.4) is 0 Å². The average molecular weight is 346 g/mol. The fourth-order valence-electron chi connectivity index (χ4n) is 2.86. The third kappa shape index (κ3) is 4.95. The van der Waals surface area contributed by atoms with E-state index in [1.54, 1.807) is 6.20 Å². The SMILES string of the molecule is C/C=C1/CCN(c2cnc(OCCNC(C)(C)C)c(O)c2C)CC1=N. The number of aromatic hydroxyl groups is 1. The number of allylic oxidation sites excluding steroid dienone is 1. The zero-order valence-electron chi connectivity index (χ0n) is 15.9. The van der Waals surface area contributed by atoms with Gasteiger partial charge in [-0.2, -0.15) is 0 Å². The number of piperidine rings is 1. The molecule has 25 heavy (non-hydrogen) atoms. The van der Waals surface area contributed by atoms with Crippen LogP contribution in [0.15, 0.2) is 17.8 Å². The molecule has 0 saturated carbocycles. The summed E-state index contributed by atoms with van der Waals surface area (Å²) in [6.45, 7) is 12.6. The van der Waals surface area contributed by atoms with Crippen LogP contribution in [0.1, 0.15) is 39.7 Å². The zero-order chi connectivity index (χ0) is 18.6. The summed E-state index contributed by atoms with van der Waals surface area (Å²) in [6, 6.07) is 0. The number of nitrogens with one attached hydrogen (secondary N) is 2. The summed E-state index contributed by atoms with van der Waals surface area (Å²) in [4.78, 5) is 6.37. The molecule has 0 bridgehead atoms. The second kappa shape index (κ2) is 7.87. The lowest BCUT2D eigenvalue weighted by Gasteiger charge is -2.32. The van der Waals surface area contributed by atoms with Gasteiger partial charge in [0.2, 0.25) is 0 Å². The van der Waals surface area contributed by atoms with Crippen LogP contribution in [0.25, 0.3) is 0 Å². The van der Waals surface area contributed by atoms with Gasteiger partial charge < -0.3 is 25.5 Å². The number of hydrogen-bond donors (Lipinski definition) is 3. The highest BCUT2D eigenvalue weighted by molar-refractivity contribution is 6.02. The smallest absolute Gasteiger partial charge is 0.257 e. The molecule has 0 aliphatic carbocycles. The molecule has 1 saturated heterocycles. The van der Waals surface area contributed by atoms with Gasteiger partial charge in [0, 0.05) is 24.2 Å². The first-order valence-corrected chi connectivity index (χ1v) is 8.77. The van der Waals surface area contributed by atoms with Crippen LogP contribution < -0.4 is 15.0 Å². The van der Waals surface area contributed by atoms with Crippen LogP contribution in [-0.2, 0) is 0 Å². The highest BCUT2D eigenvalue weighted by atomic mass is 16.5. The lowest BCUT2D eigenvalue weighted by atomic mass is 10.0. The maximum Gasteiger partial charge on any atom is 0.257 e. The predicted octanol–water partition coefficient (Wildman–Crippen LogP) is 3.04. The Bertz CT molecular complexity index is 662. The van der Waals surface area contributed by atoms with Gasteiger partial charge in [-0.15, -0.1) is 0 Å². The van der Waals surface area contributed by atoms with Crippen molar-refractivity contribution in [2.45, 2.75) is 46.6 Å². The van der Waals surface area contributed by atoms with Crippen molar-refractivity contribution in [1.82, 2.24) is 10.3 Å². The number of aromatic nitrogens is 1. The normalized spacial score (nSPS) is 17.2. The van der Waals surface area contributed by atoms with Gasteiger partial charge >= 0.3 is 0 Å². The fourth-order valence-corrected chi connectivity index (χ4v) is 2.86. The van der Waals surface area contributed by atoms with E-state index in [0.717, 1.165) is 29.8 Å². The van der Waals surface area contributed by atoms with Gasteiger partial charge in [0.1, 0.15) is 6.61 Å². The summed E-state index contributed by atoms with van der Waals surface area (Å²) >= 11 is 0. The van der Waals surface area contributed by atoms with E-state index in [9.17, 15) is 5.11 Å². The van der Waals surface area contributed by atoms with Gasteiger partial charge in [0.05, 0.1) is 24.1 Å². The van der Waals surface area contributed by atoms with Gasteiger partial charge in [-0.1, -0.05) is 6.08 Å². The van der Waals surface area contributed by atoms with Crippen molar-refractivity contribution in [3.63, 3.8) is 0 Å². The Kier molecular flexibility index (Phi) is 6.06. The molecule has 3 N–H and O–H groups in total. The fraction of sp³-hybridized carbons (Fsp3) is 0.579. The quantitative estimate of drug-likeness (QED) is 0.714. The number of hydrogen-bond acceptors (Lipinski definition) is 6. The Balaban J connectivity index is 2.04. The highest BCUT2D eigenvalue weighted by Gasteiger charge is 2.22. The topological polar surface area (TPSA) is 81.5 Å². The Morgan fingerprint density at radius 1 is 1.44 bits per heavy atom. The van der Waals surface area contributed by atoms with Gasteiger partial charge in [-0.05, 0) is 46.6 Å². The Hall–Kier alpha value is -2.08. The van der Waals surface area contributed by atoms with Crippen molar-refractivity contribution in [1.29, 1.82) is 5.41 Å². The predicted molar refractivity (Wildman–Crippen MR) is 102 cm³/mol. The van der Waals surface area contributed by atoms with Crippen molar-refractivity contribution in [2.75, 3.05) is 31.1 Å². The summed E-state index contributed by atoms with van der Waals surface area (Å²) in [5, 5.41) is 21.9. The molecule has 1 aliphatic heterocycles. The minimum absolute atomic E-state index is 0.0309. The zero-order valence-corrected chi connectivity index (χ0v) is 15.9. The van der Waals surface area contributed by atoms with Crippen LogP contribution in [0.2, 0.25) is 0 Å². The molecule has 0 radical (unpaired) electrons. The number of nitrogens with zero attached hydrogens (tertiary/aromatic N) is 2. The molecule has 6 heteroatoms. The van der Waals surface area contributed by atoms with Crippen molar-refractivity contribution in [3.8, 4) is 11.6 Å². The molecule has 1 aromatic rings. The minimum Gasteiger partial charge on any atom is -0.503 e. The van der Waals surface area contributed by atoms with E-state index in [1.807, 2.05) is 19.9 Å². The van der Waals surface area contributed by atoms with Crippen LogP contribution in [0, 0.1) is 12.3 Å². The summed E-state index contributed by atoms with van der Waals surface area (Å²) in [5.41, 5.74) is 3.35. The minimum atomic E-state index is 0.0309. The van der Waals surface area contributed by atoms with Gasteiger partial charge in [0.25, 0.3) is 5.88 Å². The van der Waals surface area contributed by atoms with E-state index in [4.69, 9.17) is 10.1 Å². The van der Waals surface area contributed by atoms with Crippen molar-refractivity contribution < 1.29 is 9.84 Å². The molecular weight excluding hydrogens is 316 g/mol. The largest absolute Gasteiger partial charge is 0.503 e. The van der Waals surface area contributed by atoms with E-state index in [2.05, 4.69) is 36.0 Å². The first-order valence-electron chi connectivity index (χ1n) is 8.77.